The first-order valence-electron chi connectivity index (χ1n) is 5.94. The van der Waals surface area contributed by atoms with E-state index in [1.807, 2.05) is 20.8 Å². The summed E-state index contributed by atoms with van der Waals surface area (Å²) in [5, 5.41) is 8.96. The summed E-state index contributed by atoms with van der Waals surface area (Å²) in [7, 11) is 0. The van der Waals surface area contributed by atoms with Crippen LogP contribution in [-0.4, -0.2) is 40.8 Å². The Morgan fingerprint density at radius 2 is 2.06 bits per heavy atom. The number of nitrogens with zero attached hydrogens (tertiary/aromatic N) is 1. The van der Waals surface area contributed by atoms with Crippen LogP contribution in [0.15, 0.2) is 0 Å². The number of ether oxygens (including phenoxy) is 1. The summed E-state index contributed by atoms with van der Waals surface area (Å²) in [5.74, 6) is -1.01. The van der Waals surface area contributed by atoms with Crippen LogP contribution in [0.1, 0.15) is 33.6 Å². The molecule has 2 unspecified atom stereocenters. The van der Waals surface area contributed by atoms with Gasteiger partial charge < -0.3 is 14.7 Å². The molecule has 2 rings (SSSR count). The molecule has 5 nitrogen and oxygen atoms in total. The smallest absolute Gasteiger partial charge is 0.410 e. The molecule has 1 heterocycles. The predicted molar refractivity (Wildman–Crippen MR) is 60.6 cm³/mol. The van der Waals surface area contributed by atoms with Gasteiger partial charge in [-0.15, -0.1) is 0 Å². The Morgan fingerprint density at radius 1 is 1.41 bits per heavy atom. The van der Waals surface area contributed by atoms with Gasteiger partial charge in [-0.3, -0.25) is 4.79 Å². The fourth-order valence-electron chi connectivity index (χ4n) is 2.53. The predicted octanol–water partition coefficient (Wildman–Crippen LogP) is 1.72. The Hall–Kier alpha value is -1.26. The zero-order valence-electron chi connectivity index (χ0n) is 10.5. The lowest BCUT2D eigenvalue weighted by Gasteiger charge is -2.24. The lowest BCUT2D eigenvalue weighted by molar-refractivity contribution is -0.139. The summed E-state index contributed by atoms with van der Waals surface area (Å²) >= 11 is 0. The molecule has 0 radical (unpaired) electrons. The third-order valence-electron chi connectivity index (χ3n) is 3.52. The van der Waals surface area contributed by atoms with Crippen molar-refractivity contribution >= 4 is 12.1 Å². The van der Waals surface area contributed by atoms with E-state index in [4.69, 9.17) is 9.84 Å². The van der Waals surface area contributed by atoms with E-state index in [-0.39, 0.29) is 17.4 Å². The number of carbonyl (C=O) groups is 2. The number of rotatable bonds is 1. The van der Waals surface area contributed by atoms with Crippen molar-refractivity contribution in [2.75, 3.05) is 13.1 Å². The summed E-state index contributed by atoms with van der Waals surface area (Å²) in [6, 6.07) is 0. The lowest BCUT2D eigenvalue weighted by atomic mass is 10.0. The minimum Gasteiger partial charge on any atom is -0.481 e. The van der Waals surface area contributed by atoms with Gasteiger partial charge in [-0.1, -0.05) is 0 Å². The van der Waals surface area contributed by atoms with Crippen LogP contribution in [0.3, 0.4) is 0 Å². The Labute approximate surface area is 101 Å². The molecule has 2 atom stereocenters. The number of hydrogen-bond donors (Lipinski definition) is 1. The molecule has 1 saturated carbocycles. The SMILES string of the molecule is CC(C)(C)OC(=O)N1CCC2(CC2C(=O)O)C1. The van der Waals surface area contributed by atoms with Crippen LogP contribution in [-0.2, 0) is 9.53 Å². The maximum absolute atomic E-state index is 11.8. The molecule has 1 aliphatic heterocycles. The van der Waals surface area contributed by atoms with Crippen LogP contribution in [0.5, 0.6) is 0 Å². The molecule has 17 heavy (non-hydrogen) atoms. The minimum absolute atomic E-state index is 0.164. The molecule has 0 aromatic rings. The molecule has 1 N–H and O–H groups in total. The molecule has 1 aliphatic carbocycles. The van der Waals surface area contributed by atoms with E-state index in [0.717, 1.165) is 6.42 Å². The van der Waals surface area contributed by atoms with Crippen LogP contribution >= 0.6 is 0 Å². The average Bonchev–Trinajstić information content (AvgIpc) is 2.65. The van der Waals surface area contributed by atoms with E-state index in [1.54, 1.807) is 4.90 Å². The molecule has 0 aromatic carbocycles. The fourth-order valence-corrected chi connectivity index (χ4v) is 2.53. The van der Waals surface area contributed by atoms with E-state index in [9.17, 15) is 9.59 Å². The number of carbonyl (C=O) groups excluding carboxylic acids is 1. The first kappa shape index (κ1) is 12.2. The van der Waals surface area contributed by atoms with Crippen LogP contribution in [0.4, 0.5) is 4.79 Å². The summed E-state index contributed by atoms with van der Waals surface area (Å²) in [6.07, 6.45) is 1.15. The van der Waals surface area contributed by atoms with Crippen molar-refractivity contribution < 1.29 is 19.4 Å². The van der Waals surface area contributed by atoms with Gasteiger partial charge in [0.05, 0.1) is 5.92 Å². The maximum atomic E-state index is 11.8. The number of carboxylic acid groups (broad SMARTS) is 1. The number of hydrogen-bond acceptors (Lipinski definition) is 3. The number of carboxylic acids is 1. The Balaban J connectivity index is 1.91. The monoisotopic (exact) mass is 241 g/mol. The van der Waals surface area contributed by atoms with Gasteiger partial charge in [-0.05, 0) is 33.6 Å². The maximum Gasteiger partial charge on any atom is 0.410 e. The zero-order valence-corrected chi connectivity index (χ0v) is 10.5. The van der Waals surface area contributed by atoms with E-state index in [1.165, 1.54) is 0 Å². The van der Waals surface area contributed by atoms with E-state index in [0.29, 0.717) is 19.5 Å². The van der Waals surface area contributed by atoms with Crippen molar-refractivity contribution in [2.45, 2.75) is 39.2 Å². The summed E-state index contributed by atoms with van der Waals surface area (Å²) in [4.78, 5) is 24.3. The standard InChI is InChI=1S/C12H19NO4/c1-11(2,3)17-10(16)13-5-4-12(7-13)6-8(12)9(14)15/h8H,4-7H2,1-3H3,(H,14,15). The van der Waals surface area contributed by atoms with E-state index < -0.39 is 11.6 Å². The Bertz CT molecular complexity index is 360. The Morgan fingerprint density at radius 3 is 2.53 bits per heavy atom. The van der Waals surface area contributed by atoms with Crippen molar-refractivity contribution in [3.05, 3.63) is 0 Å². The average molecular weight is 241 g/mol. The zero-order chi connectivity index (χ0) is 12.8. The summed E-state index contributed by atoms with van der Waals surface area (Å²) in [5.41, 5.74) is -0.661. The van der Waals surface area contributed by atoms with Crippen LogP contribution in [0, 0.1) is 11.3 Å². The van der Waals surface area contributed by atoms with Gasteiger partial charge >= 0.3 is 12.1 Å². The van der Waals surface area contributed by atoms with E-state index in [2.05, 4.69) is 0 Å². The normalized spacial score (nSPS) is 31.7. The van der Waals surface area contributed by atoms with Gasteiger partial charge in [-0.2, -0.15) is 0 Å². The fraction of sp³-hybridized carbons (Fsp3) is 0.833. The number of likely N-dealkylation sites (tertiary alicyclic amines) is 1. The second-order valence-electron chi connectivity index (χ2n) is 6.11. The van der Waals surface area contributed by atoms with Gasteiger partial charge in [0.2, 0.25) is 0 Å². The number of aliphatic carboxylic acids is 1. The molecule has 2 fully saturated rings. The van der Waals surface area contributed by atoms with Crippen molar-refractivity contribution in [1.29, 1.82) is 0 Å². The molecule has 96 valence electrons. The van der Waals surface area contributed by atoms with Gasteiger partial charge in [-0.25, -0.2) is 4.79 Å². The van der Waals surface area contributed by atoms with Crippen molar-refractivity contribution in [3.63, 3.8) is 0 Å². The second-order valence-corrected chi connectivity index (χ2v) is 6.11. The molecule has 0 aromatic heterocycles. The quantitative estimate of drug-likeness (QED) is 0.759. The summed E-state index contributed by atoms with van der Waals surface area (Å²) < 4.78 is 5.28. The van der Waals surface area contributed by atoms with Gasteiger partial charge in [0, 0.05) is 18.5 Å². The first-order chi connectivity index (χ1) is 7.73. The highest BCUT2D eigenvalue weighted by Gasteiger charge is 2.62. The molecule has 5 heteroatoms. The minimum atomic E-state index is -0.740. The van der Waals surface area contributed by atoms with Crippen molar-refractivity contribution in [1.82, 2.24) is 4.90 Å². The summed E-state index contributed by atoms with van der Waals surface area (Å²) in [6.45, 7) is 6.62. The highest BCUT2D eigenvalue weighted by molar-refractivity contribution is 5.76. The Kier molecular flexibility index (Phi) is 2.60. The molecule has 1 spiro atoms. The van der Waals surface area contributed by atoms with Gasteiger partial charge in [0.1, 0.15) is 5.60 Å². The molecule has 1 saturated heterocycles. The topological polar surface area (TPSA) is 66.8 Å². The van der Waals surface area contributed by atoms with Gasteiger partial charge in [0.25, 0.3) is 0 Å². The third kappa shape index (κ3) is 2.37. The first-order valence-corrected chi connectivity index (χ1v) is 5.94. The lowest BCUT2D eigenvalue weighted by Crippen LogP contribution is -2.35. The van der Waals surface area contributed by atoms with Crippen molar-refractivity contribution in [2.24, 2.45) is 11.3 Å². The van der Waals surface area contributed by atoms with Crippen molar-refractivity contribution in [3.8, 4) is 0 Å². The van der Waals surface area contributed by atoms with Gasteiger partial charge in [0.15, 0.2) is 0 Å². The van der Waals surface area contributed by atoms with Crippen LogP contribution in [0.25, 0.3) is 0 Å². The third-order valence-corrected chi connectivity index (χ3v) is 3.52. The second kappa shape index (κ2) is 3.62. The molecular weight excluding hydrogens is 222 g/mol. The highest BCUT2D eigenvalue weighted by Crippen LogP contribution is 2.58. The largest absolute Gasteiger partial charge is 0.481 e. The molecule has 2 aliphatic rings. The van der Waals surface area contributed by atoms with E-state index >= 15 is 0 Å². The molecule has 0 bridgehead atoms. The van der Waals surface area contributed by atoms with Crippen LogP contribution in [0.2, 0.25) is 0 Å². The molecule has 1 amide bonds. The molecular formula is C12H19NO4. The van der Waals surface area contributed by atoms with Crippen LogP contribution < -0.4 is 0 Å². The number of amides is 1. The highest BCUT2D eigenvalue weighted by atomic mass is 16.6.